The van der Waals surface area contributed by atoms with E-state index in [9.17, 15) is 4.79 Å². The zero-order valence-electron chi connectivity index (χ0n) is 17.2. The highest BCUT2D eigenvalue weighted by Crippen LogP contribution is 2.29. The van der Waals surface area contributed by atoms with E-state index < -0.39 is 0 Å². The Morgan fingerprint density at radius 2 is 1.93 bits per heavy atom. The minimum atomic E-state index is -0.0643. The number of carbonyl (C=O) groups is 1. The molecule has 1 amide bonds. The van der Waals surface area contributed by atoms with Crippen LogP contribution in [0.1, 0.15) is 25.1 Å². The molecule has 2 aromatic heterocycles. The van der Waals surface area contributed by atoms with E-state index >= 15 is 0 Å². The van der Waals surface area contributed by atoms with Crippen molar-refractivity contribution < 1.29 is 4.79 Å². The van der Waals surface area contributed by atoms with Crippen molar-refractivity contribution >= 4 is 51.1 Å². The van der Waals surface area contributed by atoms with Gasteiger partial charge in [-0.25, -0.2) is 4.98 Å². The second-order valence-electron chi connectivity index (χ2n) is 7.31. The van der Waals surface area contributed by atoms with E-state index in [0.29, 0.717) is 23.5 Å². The minimum absolute atomic E-state index is 0.0643. The van der Waals surface area contributed by atoms with Gasteiger partial charge in [0.05, 0.1) is 22.5 Å². The fourth-order valence-electron chi connectivity index (χ4n) is 3.18. The van der Waals surface area contributed by atoms with Gasteiger partial charge in [0.25, 0.3) is 0 Å². The fourth-order valence-corrected chi connectivity index (χ4v) is 5.08. The van der Waals surface area contributed by atoms with Crippen molar-refractivity contribution in [3.05, 3.63) is 30.1 Å². The van der Waals surface area contributed by atoms with Crippen LogP contribution in [-0.2, 0) is 11.3 Å². The van der Waals surface area contributed by atoms with Crippen LogP contribution in [0, 0.1) is 0 Å². The van der Waals surface area contributed by atoms with E-state index in [1.807, 2.05) is 43.3 Å². The number of thiazole rings is 1. The van der Waals surface area contributed by atoms with Gasteiger partial charge >= 0.3 is 0 Å². The van der Waals surface area contributed by atoms with E-state index in [2.05, 4.69) is 30.2 Å². The first-order valence-corrected chi connectivity index (χ1v) is 11.8. The van der Waals surface area contributed by atoms with E-state index in [1.54, 1.807) is 11.3 Å². The summed E-state index contributed by atoms with van der Waals surface area (Å²) >= 11 is 3.05. The molecule has 0 atom stereocenters. The van der Waals surface area contributed by atoms with Gasteiger partial charge in [0.1, 0.15) is 0 Å². The monoisotopic (exact) mass is 443 g/mol. The zero-order chi connectivity index (χ0) is 20.9. The third-order valence-electron chi connectivity index (χ3n) is 4.74. The summed E-state index contributed by atoms with van der Waals surface area (Å²) in [5, 5.41) is 2.93. The highest BCUT2D eigenvalue weighted by molar-refractivity contribution is 8.01. The standard InChI is InChI=1S/C20H25N7OS2/c1-26(2)18-23-16(24-19(25-18)27-10-6-3-7-11-27)12-21-17(28)13-29-20-22-14-8-4-5-9-15(14)30-20/h4-5,8-9H,3,6-7,10-13H2,1-2H3,(H,21,28). The van der Waals surface area contributed by atoms with Crippen LogP contribution in [0.25, 0.3) is 10.2 Å². The van der Waals surface area contributed by atoms with Gasteiger partial charge in [0.15, 0.2) is 10.2 Å². The quantitative estimate of drug-likeness (QED) is 0.558. The summed E-state index contributed by atoms with van der Waals surface area (Å²) in [6.07, 6.45) is 3.55. The van der Waals surface area contributed by atoms with Crippen LogP contribution in [0.15, 0.2) is 28.6 Å². The first-order chi connectivity index (χ1) is 14.6. The molecule has 3 heterocycles. The lowest BCUT2D eigenvalue weighted by Gasteiger charge is -2.27. The lowest BCUT2D eigenvalue weighted by Crippen LogP contribution is -2.33. The van der Waals surface area contributed by atoms with Gasteiger partial charge < -0.3 is 15.1 Å². The molecule has 0 radical (unpaired) electrons. The second-order valence-corrected chi connectivity index (χ2v) is 9.56. The normalized spacial score (nSPS) is 14.1. The predicted molar refractivity (Wildman–Crippen MR) is 122 cm³/mol. The van der Waals surface area contributed by atoms with Gasteiger partial charge in [-0.3, -0.25) is 4.79 Å². The number of nitrogens with one attached hydrogen (secondary N) is 1. The van der Waals surface area contributed by atoms with Crippen LogP contribution < -0.4 is 15.1 Å². The molecular formula is C20H25N7OS2. The Morgan fingerprint density at radius 3 is 2.70 bits per heavy atom. The van der Waals surface area contributed by atoms with Crippen LogP contribution in [0.4, 0.5) is 11.9 Å². The summed E-state index contributed by atoms with van der Waals surface area (Å²) in [7, 11) is 3.82. The molecule has 3 aromatic rings. The van der Waals surface area contributed by atoms with Gasteiger partial charge in [-0.05, 0) is 31.4 Å². The minimum Gasteiger partial charge on any atom is -0.348 e. The maximum atomic E-state index is 12.4. The Hall–Kier alpha value is -2.46. The van der Waals surface area contributed by atoms with Gasteiger partial charge in [0.2, 0.25) is 17.8 Å². The Balaban J connectivity index is 1.36. The summed E-state index contributed by atoms with van der Waals surface area (Å²) < 4.78 is 2.03. The molecule has 1 aromatic carbocycles. The molecule has 158 valence electrons. The molecular weight excluding hydrogens is 418 g/mol. The number of aromatic nitrogens is 4. The van der Waals surface area contributed by atoms with E-state index in [0.717, 1.165) is 40.5 Å². The van der Waals surface area contributed by atoms with Gasteiger partial charge in [-0.1, -0.05) is 23.9 Å². The van der Waals surface area contributed by atoms with Gasteiger partial charge in [-0.15, -0.1) is 11.3 Å². The summed E-state index contributed by atoms with van der Waals surface area (Å²) in [6.45, 7) is 2.20. The van der Waals surface area contributed by atoms with Crippen molar-refractivity contribution in [2.24, 2.45) is 0 Å². The number of rotatable bonds is 7. The first kappa shape index (κ1) is 20.8. The number of para-hydroxylation sites is 1. The van der Waals surface area contributed by atoms with Crippen LogP contribution in [0.2, 0.25) is 0 Å². The predicted octanol–water partition coefficient (Wildman–Crippen LogP) is 2.95. The Kier molecular flexibility index (Phi) is 6.63. The van der Waals surface area contributed by atoms with Crippen molar-refractivity contribution in [3.63, 3.8) is 0 Å². The third kappa shape index (κ3) is 5.17. The van der Waals surface area contributed by atoms with Crippen LogP contribution in [0.5, 0.6) is 0 Å². The molecule has 0 bridgehead atoms. The average molecular weight is 444 g/mol. The fraction of sp³-hybridized carbons (Fsp3) is 0.450. The molecule has 10 heteroatoms. The number of hydrogen-bond donors (Lipinski definition) is 1. The summed E-state index contributed by atoms with van der Waals surface area (Å²) in [5.41, 5.74) is 0.969. The molecule has 1 fully saturated rings. The number of hydrogen-bond acceptors (Lipinski definition) is 9. The highest BCUT2D eigenvalue weighted by Gasteiger charge is 2.17. The van der Waals surface area contributed by atoms with E-state index in [4.69, 9.17) is 0 Å². The number of fused-ring (bicyclic) bond motifs is 1. The molecule has 30 heavy (non-hydrogen) atoms. The van der Waals surface area contributed by atoms with Crippen molar-refractivity contribution in [3.8, 4) is 0 Å². The van der Waals surface area contributed by atoms with Gasteiger partial charge in [-0.2, -0.15) is 15.0 Å². The number of piperidine rings is 1. The van der Waals surface area contributed by atoms with Gasteiger partial charge in [0, 0.05) is 27.2 Å². The molecule has 0 aliphatic carbocycles. The van der Waals surface area contributed by atoms with Crippen LogP contribution in [0.3, 0.4) is 0 Å². The highest BCUT2D eigenvalue weighted by atomic mass is 32.2. The Labute approximate surface area is 184 Å². The molecule has 4 rings (SSSR count). The average Bonchev–Trinajstić information content (AvgIpc) is 3.20. The smallest absolute Gasteiger partial charge is 0.230 e. The van der Waals surface area contributed by atoms with E-state index in [-0.39, 0.29) is 12.5 Å². The number of carbonyl (C=O) groups excluding carboxylic acids is 1. The number of nitrogens with zero attached hydrogens (tertiary/aromatic N) is 6. The third-order valence-corrected chi connectivity index (χ3v) is 6.92. The van der Waals surface area contributed by atoms with Crippen molar-refractivity contribution in [1.29, 1.82) is 0 Å². The lowest BCUT2D eigenvalue weighted by atomic mass is 10.1. The molecule has 1 aliphatic rings. The van der Waals surface area contributed by atoms with Crippen LogP contribution in [-0.4, -0.2) is 58.8 Å². The number of amides is 1. The molecule has 1 N–H and O–H groups in total. The molecule has 0 saturated carbocycles. The topological polar surface area (TPSA) is 87.1 Å². The molecule has 0 unspecified atom stereocenters. The van der Waals surface area contributed by atoms with Crippen molar-refractivity contribution in [2.45, 2.75) is 30.1 Å². The number of thioether (sulfide) groups is 1. The van der Waals surface area contributed by atoms with E-state index in [1.165, 1.54) is 18.2 Å². The maximum Gasteiger partial charge on any atom is 0.230 e. The second kappa shape index (κ2) is 9.57. The maximum absolute atomic E-state index is 12.4. The summed E-state index contributed by atoms with van der Waals surface area (Å²) in [5.74, 6) is 2.13. The van der Waals surface area contributed by atoms with Crippen molar-refractivity contribution in [1.82, 2.24) is 25.3 Å². The Bertz CT molecular complexity index is 984. The Morgan fingerprint density at radius 1 is 1.13 bits per heavy atom. The SMILES string of the molecule is CN(C)c1nc(CNC(=O)CSc2nc3ccccc3s2)nc(N2CCCCC2)n1. The molecule has 0 spiro atoms. The number of benzene rings is 1. The largest absolute Gasteiger partial charge is 0.348 e. The molecule has 8 nitrogen and oxygen atoms in total. The first-order valence-electron chi connectivity index (χ1n) is 10.0. The zero-order valence-corrected chi connectivity index (χ0v) is 18.8. The summed E-state index contributed by atoms with van der Waals surface area (Å²) in [4.78, 5) is 34.7. The molecule has 1 saturated heterocycles. The lowest BCUT2D eigenvalue weighted by molar-refractivity contribution is -0.118. The molecule has 1 aliphatic heterocycles. The number of anilines is 2. The summed E-state index contributed by atoms with van der Waals surface area (Å²) in [6, 6.07) is 7.99. The van der Waals surface area contributed by atoms with Crippen molar-refractivity contribution in [2.75, 3.05) is 42.7 Å². The van der Waals surface area contributed by atoms with Crippen LogP contribution >= 0.6 is 23.1 Å².